The summed E-state index contributed by atoms with van der Waals surface area (Å²) < 4.78 is 27.0. The first kappa shape index (κ1) is 22.8. The number of carbonyl (C=O) groups is 1. The molecule has 3 rings (SSSR count). The molecule has 0 aliphatic carbocycles. The van der Waals surface area contributed by atoms with Crippen molar-refractivity contribution < 1.29 is 13.2 Å². The number of amides is 1. The van der Waals surface area contributed by atoms with Crippen molar-refractivity contribution in [3.8, 4) is 0 Å². The second-order valence-electron chi connectivity index (χ2n) is 6.90. The van der Waals surface area contributed by atoms with Gasteiger partial charge in [-0.15, -0.1) is 0 Å². The van der Waals surface area contributed by atoms with Gasteiger partial charge >= 0.3 is 0 Å². The quantitative estimate of drug-likeness (QED) is 0.471. The highest BCUT2D eigenvalue weighted by molar-refractivity contribution is 8.26. The molecule has 2 aliphatic heterocycles. The van der Waals surface area contributed by atoms with Crippen LogP contribution in [-0.2, 0) is 14.8 Å². The second-order valence-corrected chi connectivity index (χ2v) is 10.7. The van der Waals surface area contributed by atoms with Crippen LogP contribution in [0.25, 0.3) is 0 Å². The summed E-state index contributed by atoms with van der Waals surface area (Å²) in [6, 6.07) is 5.20. The van der Waals surface area contributed by atoms with Crippen LogP contribution in [0.4, 0.5) is 11.4 Å². The van der Waals surface area contributed by atoms with Crippen LogP contribution in [0.2, 0.25) is 0 Å². The lowest BCUT2D eigenvalue weighted by atomic mass is 10.2. The summed E-state index contributed by atoms with van der Waals surface area (Å²) in [7, 11) is -0.483. The van der Waals surface area contributed by atoms with E-state index in [2.05, 4.69) is 9.80 Å². The third-order valence-electron chi connectivity index (χ3n) is 5.07. The number of thioether (sulfide) groups is 1. The van der Waals surface area contributed by atoms with E-state index in [9.17, 15) is 13.2 Å². The largest absolute Gasteiger partial charge is 0.326 e. The fraction of sp³-hybridized carbons (Fsp3) is 0.400. The van der Waals surface area contributed by atoms with E-state index >= 15 is 0 Å². The molecule has 0 saturated carbocycles. The Morgan fingerprint density at radius 2 is 1.60 bits per heavy atom. The molecule has 0 bridgehead atoms. The van der Waals surface area contributed by atoms with Crippen LogP contribution >= 0.6 is 24.0 Å². The van der Waals surface area contributed by atoms with Gasteiger partial charge in [0, 0.05) is 33.7 Å². The Kier molecular flexibility index (Phi) is 6.61. The molecule has 0 spiro atoms. The maximum absolute atomic E-state index is 12.6. The zero-order valence-electron chi connectivity index (χ0n) is 17.7. The second kappa shape index (κ2) is 8.70. The predicted octanol–water partition coefficient (Wildman–Crippen LogP) is 3.21. The Morgan fingerprint density at radius 3 is 2.13 bits per heavy atom. The first-order valence-electron chi connectivity index (χ1n) is 9.74. The number of benzene rings is 1. The van der Waals surface area contributed by atoms with Gasteiger partial charge in [0.25, 0.3) is 5.91 Å². The summed E-state index contributed by atoms with van der Waals surface area (Å²) in [6.45, 7) is 7.87. The van der Waals surface area contributed by atoms with Gasteiger partial charge in [0.1, 0.15) is 10.1 Å². The van der Waals surface area contributed by atoms with E-state index in [1.165, 1.54) is 30.2 Å². The maximum Gasteiger partial charge on any atom is 0.266 e. The van der Waals surface area contributed by atoms with Gasteiger partial charge in [0.05, 0.1) is 21.2 Å². The number of allylic oxidation sites excluding steroid dienone is 2. The van der Waals surface area contributed by atoms with Crippen molar-refractivity contribution in [3.05, 3.63) is 41.1 Å². The van der Waals surface area contributed by atoms with Gasteiger partial charge in [0.15, 0.2) is 0 Å². The highest BCUT2D eigenvalue weighted by Crippen LogP contribution is 2.43. The van der Waals surface area contributed by atoms with E-state index in [1.807, 2.05) is 32.9 Å². The van der Waals surface area contributed by atoms with Gasteiger partial charge in [0.2, 0.25) is 10.0 Å². The fourth-order valence-electron chi connectivity index (χ4n) is 3.49. The van der Waals surface area contributed by atoms with Gasteiger partial charge in [-0.3, -0.25) is 9.69 Å². The minimum atomic E-state index is -3.53. The number of likely N-dealkylation sites (N-methyl/N-ethyl adjacent to an activating group) is 1. The third kappa shape index (κ3) is 3.77. The number of thiocarbonyl (C=S) groups is 1. The van der Waals surface area contributed by atoms with Gasteiger partial charge in [-0.1, -0.05) is 24.0 Å². The van der Waals surface area contributed by atoms with Crippen LogP contribution in [-0.4, -0.2) is 61.6 Å². The van der Waals surface area contributed by atoms with Crippen LogP contribution in [0, 0.1) is 0 Å². The summed E-state index contributed by atoms with van der Waals surface area (Å²) in [5.41, 5.74) is 1.78. The SMILES string of the molecule is CCN1C(=O)C(=CC=C2N(CC)c3ccc(S(=O)(=O)N(C)C)cc3N2CC)SC1=S. The Bertz CT molecular complexity index is 1050. The molecule has 1 fully saturated rings. The molecule has 0 radical (unpaired) electrons. The highest BCUT2D eigenvalue weighted by Gasteiger charge is 2.33. The van der Waals surface area contributed by atoms with Crippen LogP contribution in [0.15, 0.2) is 46.0 Å². The molecule has 10 heteroatoms. The van der Waals surface area contributed by atoms with Crippen molar-refractivity contribution in [1.29, 1.82) is 0 Å². The van der Waals surface area contributed by atoms with Gasteiger partial charge in [-0.2, -0.15) is 0 Å². The molecule has 1 aromatic rings. The van der Waals surface area contributed by atoms with E-state index in [1.54, 1.807) is 23.1 Å². The van der Waals surface area contributed by atoms with E-state index in [-0.39, 0.29) is 10.8 Å². The summed E-state index contributed by atoms with van der Waals surface area (Å²) in [5, 5.41) is 0. The molecule has 0 aromatic heterocycles. The number of rotatable bonds is 6. The van der Waals surface area contributed by atoms with Crippen molar-refractivity contribution in [2.75, 3.05) is 43.5 Å². The molecular formula is C20H26N4O3S3. The lowest BCUT2D eigenvalue weighted by Gasteiger charge is -2.23. The average Bonchev–Trinajstić information content (AvgIpc) is 3.17. The number of sulfonamides is 1. The van der Waals surface area contributed by atoms with Crippen LogP contribution in [0.3, 0.4) is 0 Å². The van der Waals surface area contributed by atoms with Crippen LogP contribution in [0.1, 0.15) is 20.8 Å². The summed E-state index contributed by atoms with van der Waals surface area (Å²) in [4.78, 5) is 19.1. The molecule has 1 saturated heterocycles. The molecule has 0 atom stereocenters. The van der Waals surface area contributed by atoms with Gasteiger partial charge < -0.3 is 9.80 Å². The smallest absolute Gasteiger partial charge is 0.266 e. The molecular weight excluding hydrogens is 440 g/mol. The molecule has 1 amide bonds. The highest BCUT2D eigenvalue weighted by atomic mass is 32.2. The predicted molar refractivity (Wildman–Crippen MR) is 127 cm³/mol. The number of nitrogens with zero attached hydrogens (tertiary/aromatic N) is 4. The van der Waals surface area contributed by atoms with Gasteiger partial charge in [-0.05, 0) is 51.1 Å². The maximum atomic E-state index is 12.6. The summed E-state index contributed by atoms with van der Waals surface area (Å²) in [5.74, 6) is 0.821. The normalized spacial score (nSPS) is 19.7. The zero-order valence-corrected chi connectivity index (χ0v) is 20.2. The van der Waals surface area contributed by atoms with E-state index in [0.717, 1.165) is 17.2 Å². The molecule has 0 unspecified atom stereocenters. The third-order valence-corrected chi connectivity index (χ3v) is 8.27. The van der Waals surface area contributed by atoms with Crippen LogP contribution in [0.5, 0.6) is 0 Å². The number of hydrogen-bond donors (Lipinski definition) is 0. The number of hydrogen-bond acceptors (Lipinski definition) is 7. The topological polar surface area (TPSA) is 64.2 Å². The monoisotopic (exact) mass is 466 g/mol. The minimum Gasteiger partial charge on any atom is -0.326 e. The van der Waals surface area contributed by atoms with Crippen LogP contribution < -0.4 is 9.80 Å². The minimum absolute atomic E-state index is 0.0784. The molecule has 2 heterocycles. The Balaban J connectivity index is 2.04. The standard InChI is InChI=1S/C20H26N4O3S3/c1-6-22-15-10-9-14(30(26,27)21(4)5)13-16(15)23(7-2)18(22)12-11-17-19(25)24(8-3)20(28)29-17/h9-13H,6-8H2,1-5H3. The van der Waals surface area contributed by atoms with E-state index in [4.69, 9.17) is 12.2 Å². The summed E-state index contributed by atoms with van der Waals surface area (Å²) in [6.07, 6.45) is 3.72. The van der Waals surface area contributed by atoms with Crippen molar-refractivity contribution in [1.82, 2.24) is 9.21 Å². The Labute approximate surface area is 188 Å². The lowest BCUT2D eigenvalue weighted by Crippen LogP contribution is -2.28. The molecule has 7 nitrogen and oxygen atoms in total. The molecule has 162 valence electrons. The number of anilines is 2. The first-order valence-corrected chi connectivity index (χ1v) is 12.4. The van der Waals surface area contributed by atoms with Gasteiger partial charge in [-0.25, -0.2) is 12.7 Å². The fourth-order valence-corrected chi connectivity index (χ4v) is 5.74. The number of carbonyl (C=O) groups excluding carboxylic acids is 1. The van der Waals surface area contributed by atoms with E-state index in [0.29, 0.717) is 28.9 Å². The average molecular weight is 467 g/mol. The van der Waals surface area contributed by atoms with Crippen molar-refractivity contribution in [3.63, 3.8) is 0 Å². The van der Waals surface area contributed by atoms with Crippen molar-refractivity contribution >= 4 is 55.6 Å². The van der Waals surface area contributed by atoms with Crippen molar-refractivity contribution in [2.45, 2.75) is 25.7 Å². The van der Waals surface area contributed by atoms with Crippen molar-refractivity contribution in [2.24, 2.45) is 0 Å². The van der Waals surface area contributed by atoms with E-state index < -0.39 is 10.0 Å². The Morgan fingerprint density at radius 1 is 1.00 bits per heavy atom. The zero-order chi connectivity index (χ0) is 22.2. The summed E-state index contributed by atoms with van der Waals surface area (Å²) >= 11 is 6.59. The molecule has 0 N–H and O–H groups in total. The Hall–Kier alpha value is -1.88. The molecule has 2 aliphatic rings. The first-order chi connectivity index (χ1) is 14.2. The molecule has 30 heavy (non-hydrogen) atoms. The molecule has 1 aromatic carbocycles. The number of fused-ring (bicyclic) bond motifs is 1. The lowest BCUT2D eigenvalue weighted by molar-refractivity contribution is -0.122.